The number of halogens is 1. The lowest BCUT2D eigenvalue weighted by atomic mass is 10.1. The molecular weight excluding hydrogens is 364 g/mol. The van der Waals surface area contributed by atoms with E-state index in [2.05, 4.69) is 38.5 Å². The number of rotatable bonds is 5. The lowest BCUT2D eigenvalue weighted by Crippen LogP contribution is -2.29. The van der Waals surface area contributed by atoms with E-state index in [4.69, 9.17) is 4.74 Å². The van der Waals surface area contributed by atoms with Gasteiger partial charge in [-0.25, -0.2) is 0 Å². The van der Waals surface area contributed by atoms with Gasteiger partial charge in [0.05, 0.1) is 20.1 Å². The minimum atomic E-state index is -0.0600. The first-order valence-corrected chi connectivity index (χ1v) is 9.09. The molecule has 2 aromatic heterocycles. The summed E-state index contributed by atoms with van der Waals surface area (Å²) in [7, 11) is 0. The third-order valence-corrected chi connectivity index (χ3v) is 5.43. The van der Waals surface area contributed by atoms with Gasteiger partial charge in [-0.15, -0.1) is 17.9 Å². The Hall–Kier alpha value is -1.11. The minimum Gasteiger partial charge on any atom is -0.376 e. The van der Waals surface area contributed by atoms with E-state index in [1.807, 2.05) is 6.07 Å². The van der Waals surface area contributed by atoms with E-state index in [9.17, 15) is 4.79 Å². The van der Waals surface area contributed by atoms with E-state index in [-0.39, 0.29) is 12.0 Å². The number of ether oxygens (including phenoxy) is 1. The molecule has 0 aliphatic carbocycles. The molecule has 6 heteroatoms. The quantitative estimate of drug-likeness (QED) is 0.795. The summed E-state index contributed by atoms with van der Waals surface area (Å²) in [6.07, 6.45) is 5.26. The van der Waals surface area contributed by atoms with Crippen LogP contribution in [-0.4, -0.2) is 29.7 Å². The van der Waals surface area contributed by atoms with Crippen LogP contribution < -0.4 is 5.32 Å². The summed E-state index contributed by atoms with van der Waals surface area (Å²) in [5.41, 5.74) is 1.79. The largest absolute Gasteiger partial charge is 0.376 e. The van der Waals surface area contributed by atoms with Gasteiger partial charge in [0.15, 0.2) is 0 Å². The molecule has 1 unspecified atom stereocenters. The van der Waals surface area contributed by atoms with E-state index in [1.165, 1.54) is 6.42 Å². The van der Waals surface area contributed by atoms with Crippen LogP contribution in [0.2, 0.25) is 0 Å². The molecule has 1 N–H and O–H groups in total. The van der Waals surface area contributed by atoms with Crippen LogP contribution in [0, 0.1) is 0 Å². The molecule has 3 heterocycles. The highest BCUT2D eigenvalue weighted by Crippen LogP contribution is 2.33. The number of nitrogens with one attached hydrogen (secondary N) is 1. The molecule has 1 fully saturated rings. The van der Waals surface area contributed by atoms with Crippen molar-refractivity contribution in [1.82, 2.24) is 9.88 Å². The van der Waals surface area contributed by atoms with Gasteiger partial charge in [-0.3, -0.25) is 4.79 Å². The standard InChI is InChI=1S/C16H19BrN2O2S/c1-2-6-18-16(20)13-8-14-12(9-15(17)22-14)19(13)10-11-5-3-4-7-21-11/h2,8-9,11H,1,3-7,10H2,(H,18,20). The lowest BCUT2D eigenvalue weighted by molar-refractivity contribution is 0.00638. The van der Waals surface area contributed by atoms with Crippen LogP contribution in [-0.2, 0) is 11.3 Å². The van der Waals surface area contributed by atoms with Gasteiger partial charge >= 0.3 is 0 Å². The summed E-state index contributed by atoms with van der Waals surface area (Å²) in [6.45, 7) is 5.66. The summed E-state index contributed by atoms with van der Waals surface area (Å²) in [4.78, 5) is 12.4. The fourth-order valence-electron chi connectivity index (χ4n) is 2.81. The zero-order valence-corrected chi connectivity index (χ0v) is 14.7. The van der Waals surface area contributed by atoms with Gasteiger partial charge in [0.25, 0.3) is 5.91 Å². The molecule has 1 amide bonds. The number of carbonyl (C=O) groups is 1. The smallest absolute Gasteiger partial charge is 0.268 e. The molecule has 0 radical (unpaired) electrons. The molecule has 1 aliphatic heterocycles. The zero-order chi connectivity index (χ0) is 15.5. The monoisotopic (exact) mass is 382 g/mol. The Labute approximate surface area is 142 Å². The van der Waals surface area contributed by atoms with Crippen molar-refractivity contribution < 1.29 is 9.53 Å². The Bertz CT molecular complexity index is 686. The van der Waals surface area contributed by atoms with Gasteiger partial charge in [0.2, 0.25) is 0 Å². The number of hydrogen-bond acceptors (Lipinski definition) is 3. The Balaban J connectivity index is 1.92. The van der Waals surface area contributed by atoms with Crippen molar-refractivity contribution in [2.75, 3.05) is 13.2 Å². The van der Waals surface area contributed by atoms with Crippen molar-refractivity contribution in [1.29, 1.82) is 0 Å². The average molecular weight is 383 g/mol. The van der Waals surface area contributed by atoms with Crippen molar-refractivity contribution in [3.05, 3.63) is 34.3 Å². The summed E-state index contributed by atoms with van der Waals surface area (Å²) >= 11 is 5.17. The highest BCUT2D eigenvalue weighted by Gasteiger charge is 2.21. The van der Waals surface area contributed by atoms with Gasteiger partial charge in [-0.2, -0.15) is 0 Å². The molecule has 4 nitrogen and oxygen atoms in total. The summed E-state index contributed by atoms with van der Waals surface area (Å²) in [5.74, 6) is -0.0600. The van der Waals surface area contributed by atoms with Crippen LogP contribution in [0.25, 0.3) is 10.2 Å². The topological polar surface area (TPSA) is 43.3 Å². The van der Waals surface area contributed by atoms with Crippen LogP contribution in [0.5, 0.6) is 0 Å². The van der Waals surface area contributed by atoms with Crippen molar-refractivity contribution in [2.45, 2.75) is 31.9 Å². The summed E-state index contributed by atoms with van der Waals surface area (Å²) in [5, 5.41) is 2.87. The summed E-state index contributed by atoms with van der Waals surface area (Å²) in [6, 6.07) is 4.04. The first-order chi connectivity index (χ1) is 10.7. The number of carbonyl (C=O) groups excluding carboxylic acids is 1. The SMILES string of the molecule is C=CCNC(=O)c1cc2sc(Br)cc2n1CC1CCCCO1. The molecule has 0 saturated carbocycles. The van der Waals surface area contributed by atoms with Crippen molar-refractivity contribution in [2.24, 2.45) is 0 Å². The third-order valence-electron chi connectivity index (χ3n) is 3.86. The van der Waals surface area contributed by atoms with E-state index < -0.39 is 0 Å². The van der Waals surface area contributed by atoms with Crippen LogP contribution in [0.3, 0.4) is 0 Å². The predicted molar refractivity (Wildman–Crippen MR) is 93.6 cm³/mol. The van der Waals surface area contributed by atoms with Gasteiger partial charge in [-0.05, 0) is 47.3 Å². The normalized spacial score (nSPS) is 18.5. The van der Waals surface area contributed by atoms with Crippen LogP contribution in [0.4, 0.5) is 0 Å². The van der Waals surface area contributed by atoms with E-state index in [0.29, 0.717) is 12.2 Å². The van der Waals surface area contributed by atoms with Crippen molar-refractivity contribution in [3.63, 3.8) is 0 Å². The van der Waals surface area contributed by atoms with Gasteiger partial charge in [0, 0.05) is 19.7 Å². The number of amides is 1. The number of aromatic nitrogens is 1. The Morgan fingerprint density at radius 1 is 1.55 bits per heavy atom. The second-order valence-electron chi connectivity index (χ2n) is 5.43. The molecule has 1 aliphatic rings. The molecule has 2 aromatic rings. The van der Waals surface area contributed by atoms with Crippen molar-refractivity contribution >= 4 is 43.4 Å². The fraction of sp³-hybridized carbons (Fsp3) is 0.438. The molecular formula is C16H19BrN2O2S. The maximum Gasteiger partial charge on any atom is 0.268 e. The molecule has 118 valence electrons. The van der Waals surface area contributed by atoms with E-state index in [0.717, 1.165) is 40.0 Å². The highest BCUT2D eigenvalue weighted by molar-refractivity contribution is 9.11. The second-order valence-corrected chi connectivity index (χ2v) is 7.89. The molecule has 0 spiro atoms. The Morgan fingerprint density at radius 2 is 2.41 bits per heavy atom. The van der Waals surface area contributed by atoms with Crippen molar-refractivity contribution in [3.8, 4) is 0 Å². The average Bonchev–Trinajstić information content (AvgIpc) is 3.03. The maximum atomic E-state index is 12.4. The fourth-order valence-corrected chi connectivity index (χ4v) is 4.37. The van der Waals surface area contributed by atoms with E-state index >= 15 is 0 Å². The zero-order valence-electron chi connectivity index (χ0n) is 12.3. The van der Waals surface area contributed by atoms with Gasteiger partial charge in [0.1, 0.15) is 5.69 Å². The predicted octanol–water partition coefficient (Wildman–Crippen LogP) is 3.95. The minimum absolute atomic E-state index is 0.0600. The molecule has 1 atom stereocenters. The third kappa shape index (κ3) is 3.29. The number of hydrogen-bond donors (Lipinski definition) is 1. The molecule has 22 heavy (non-hydrogen) atoms. The maximum absolute atomic E-state index is 12.4. The number of thiophene rings is 1. The molecule has 0 aromatic carbocycles. The highest BCUT2D eigenvalue weighted by atomic mass is 79.9. The Kier molecular flexibility index (Phi) is 5.00. The van der Waals surface area contributed by atoms with E-state index in [1.54, 1.807) is 17.4 Å². The van der Waals surface area contributed by atoms with Gasteiger partial charge in [-0.1, -0.05) is 6.08 Å². The number of nitrogens with zero attached hydrogens (tertiary/aromatic N) is 1. The van der Waals surface area contributed by atoms with Gasteiger partial charge < -0.3 is 14.6 Å². The first-order valence-electron chi connectivity index (χ1n) is 7.48. The second kappa shape index (κ2) is 6.98. The van der Waals surface area contributed by atoms with Crippen LogP contribution in [0.1, 0.15) is 29.8 Å². The Morgan fingerprint density at radius 3 is 3.14 bits per heavy atom. The van der Waals surface area contributed by atoms with Crippen LogP contribution >= 0.6 is 27.3 Å². The van der Waals surface area contributed by atoms with Crippen LogP contribution in [0.15, 0.2) is 28.6 Å². The number of fused-ring (bicyclic) bond motifs is 1. The first kappa shape index (κ1) is 15.8. The lowest BCUT2D eigenvalue weighted by Gasteiger charge is -2.24. The summed E-state index contributed by atoms with van der Waals surface area (Å²) < 4.78 is 10.1. The molecule has 0 bridgehead atoms. The molecule has 1 saturated heterocycles. The molecule has 3 rings (SSSR count).